The predicted octanol–water partition coefficient (Wildman–Crippen LogP) is 7.47. The summed E-state index contributed by atoms with van der Waals surface area (Å²) >= 11 is 0. The van der Waals surface area contributed by atoms with Crippen LogP contribution in [0.2, 0.25) is 0 Å². The minimum Gasteiger partial charge on any atom is -0.253 e. The number of aryl methyl sites for hydroxylation is 1. The normalized spacial score (nSPS) is 13.5. The van der Waals surface area contributed by atoms with Gasteiger partial charge in [-0.1, -0.05) is 56.3 Å². The first kappa shape index (κ1) is 22.2. The Balaban J connectivity index is 1.64. The van der Waals surface area contributed by atoms with Gasteiger partial charge in [0.1, 0.15) is 5.69 Å². The van der Waals surface area contributed by atoms with Crippen LogP contribution in [-0.2, 0) is 0 Å². The van der Waals surface area contributed by atoms with Gasteiger partial charge >= 0.3 is 0 Å². The Labute approximate surface area is 210 Å². The molecule has 0 spiro atoms. The van der Waals surface area contributed by atoms with Crippen molar-refractivity contribution < 1.29 is 0 Å². The molecule has 0 unspecified atom stereocenters. The van der Waals surface area contributed by atoms with Crippen molar-refractivity contribution in [1.29, 1.82) is 0 Å². The summed E-state index contributed by atoms with van der Waals surface area (Å²) in [5.41, 5.74) is 8.39. The summed E-state index contributed by atoms with van der Waals surface area (Å²) in [5, 5.41) is 2.22. The van der Waals surface area contributed by atoms with Crippen LogP contribution < -0.4 is 0 Å². The highest BCUT2D eigenvalue weighted by Crippen LogP contribution is 2.34. The SMILES string of the molecule is Cc1ccc2ccc3c(C(C)C)cc(-c4cc(C5=CCCC=C5)nc(-c5ccccn5)n4)nc3c2n1. The zero-order chi connectivity index (χ0) is 24.6. The van der Waals surface area contributed by atoms with E-state index in [9.17, 15) is 0 Å². The van der Waals surface area contributed by atoms with Gasteiger partial charge in [0.05, 0.1) is 28.1 Å². The molecule has 0 fully saturated rings. The van der Waals surface area contributed by atoms with Crippen LogP contribution in [0.3, 0.4) is 0 Å². The molecule has 176 valence electrons. The van der Waals surface area contributed by atoms with Crippen LogP contribution in [0.15, 0.2) is 79.0 Å². The second kappa shape index (κ2) is 9.08. The molecule has 6 rings (SSSR count). The van der Waals surface area contributed by atoms with Gasteiger partial charge in [0.25, 0.3) is 0 Å². The summed E-state index contributed by atoms with van der Waals surface area (Å²) in [6.07, 6.45) is 10.4. The Bertz CT molecular complexity index is 1670. The number of nitrogens with zero attached hydrogens (tertiary/aromatic N) is 5. The van der Waals surface area contributed by atoms with Crippen LogP contribution in [-0.4, -0.2) is 24.9 Å². The van der Waals surface area contributed by atoms with E-state index in [1.54, 1.807) is 6.20 Å². The molecular weight excluding hydrogens is 442 g/mol. The molecule has 1 aliphatic rings. The van der Waals surface area contributed by atoms with Gasteiger partial charge in [0.2, 0.25) is 0 Å². The molecule has 0 radical (unpaired) electrons. The topological polar surface area (TPSA) is 64.5 Å². The molecule has 1 aromatic carbocycles. The van der Waals surface area contributed by atoms with Crippen LogP contribution >= 0.6 is 0 Å². The van der Waals surface area contributed by atoms with E-state index in [1.165, 1.54) is 5.56 Å². The summed E-state index contributed by atoms with van der Waals surface area (Å²) in [6, 6.07) is 18.5. The minimum atomic E-state index is 0.317. The highest BCUT2D eigenvalue weighted by molar-refractivity contribution is 6.05. The van der Waals surface area contributed by atoms with Gasteiger partial charge in [-0.3, -0.25) is 9.97 Å². The Morgan fingerprint density at radius 1 is 0.750 bits per heavy atom. The van der Waals surface area contributed by atoms with Crippen LogP contribution in [0.5, 0.6) is 0 Å². The van der Waals surface area contributed by atoms with Crippen molar-refractivity contribution in [1.82, 2.24) is 24.9 Å². The maximum atomic E-state index is 5.17. The van der Waals surface area contributed by atoms with E-state index in [0.29, 0.717) is 11.7 Å². The number of hydrogen-bond acceptors (Lipinski definition) is 5. The molecule has 0 aliphatic heterocycles. The van der Waals surface area contributed by atoms with E-state index in [4.69, 9.17) is 19.9 Å². The summed E-state index contributed by atoms with van der Waals surface area (Å²) in [7, 11) is 0. The average molecular weight is 470 g/mol. The first-order valence-corrected chi connectivity index (χ1v) is 12.5. The largest absolute Gasteiger partial charge is 0.253 e. The molecule has 0 N–H and O–H groups in total. The summed E-state index contributed by atoms with van der Waals surface area (Å²) in [6.45, 7) is 6.45. The first-order chi connectivity index (χ1) is 17.6. The molecule has 5 nitrogen and oxygen atoms in total. The molecule has 0 amide bonds. The highest BCUT2D eigenvalue weighted by Gasteiger charge is 2.17. The lowest BCUT2D eigenvalue weighted by Gasteiger charge is -2.15. The van der Waals surface area contributed by atoms with Crippen molar-refractivity contribution in [3.05, 3.63) is 96.0 Å². The molecule has 4 heterocycles. The molecule has 0 atom stereocenters. The van der Waals surface area contributed by atoms with Gasteiger partial charge in [-0.25, -0.2) is 15.0 Å². The third-order valence-corrected chi connectivity index (χ3v) is 6.61. The van der Waals surface area contributed by atoms with Gasteiger partial charge in [-0.2, -0.15) is 0 Å². The van der Waals surface area contributed by atoms with Gasteiger partial charge in [0, 0.05) is 22.7 Å². The van der Waals surface area contributed by atoms with Crippen molar-refractivity contribution in [2.45, 2.75) is 39.5 Å². The number of benzene rings is 1. The number of pyridine rings is 3. The Hall–Kier alpha value is -4.25. The molecule has 0 saturated carbocycles. The number of rotatable bonds is 4. The average Bonchev–Trinajstić information content (AvgIpc) is 2.93. The maximum absolute atomic E-state index is 5.17. The van der Waals surface area contributed by atoms with Gasteiger partial charge in [-0.15, -0.1) is 0 Å². The Morgan fingerprint density at radius 2 is 1.58 bits per heavy atom. The van der Waals surface area contributed by atoms with Crippen LogP contribution in [0.1, 0.15) is 49.6 Å². The molecule has 1 aliphatic carbocycles. The highest BCUT2D eigenvalue weighted by atomic mass is 14.9. The van der Waals surface area contributed by atoms with E-state index in [0.717, 1.165) is 68.7 Å². The summed E-state index contributed by atoms with van der Waals surface area (Å²) in [4.78, 5) is 24.4. The molecule has 4 aromatic heterocycles. The molecule has 0 saturated heterocycles. The van der Waals surface area contributed by atoms with E-state index < -0.39 is 0 Å². The van der Waals surface area contributed by atoms with Crippen LogP contribution in [0.4, 0.5) is 0 Å². The third kappa shape index (κ3) is 4.07. The molecule has 5 aromatic rings. The van der Waals surface area contributed by atoms with Crippen molar-refractivity contribution in [2.24, 2.45) is 0 Å². The number of aromatic nitrogens is 5. The number of fused-ring (bicyclic) bond motifs is 3. The van der Waals surface area contributed by atoms with Crippen LogP contribution in [0, 0.1) is 6.92 Å². The van der Waals surface area contributed by atoms with E-state index >= 15 is 0 Å². The summed E-state index contributed by atoms with van der Waals surface area (Å²) < 4.78 is 0. The van der Waals surface area contributed by atoms with Crippen molar-refractivity contribution in [3.63, 3.8) is 0 Å². The van der Waals surface area contributed by atoms with E-state index in [-0.39, 0.29) is 0 Å². The zero-order valence-electron chi connectivity index (χ0n) is 20.7. The summed E-state index contributed by atoms with van der Waals surface area (Å²) in [5.74, 6) is 0.917. The predicted molar refractivity (Wildman–Crippen MR) is 146 cm³/mol. The quantitative estimate of drug-likeness (QED) is 0.256. The number of hydrogen-bond donors (Lipinski definition) is 0. The molecule has 5 heteroatoms. The lowest BCUT2D eigenvalue weighted by Crippen LogP contribution is -2.02. The van der Waals surface area contributed by atoms with Crippen LogP contribution in [0.25, 0.3) is 50.3 Å². The zero-order valence-corrected chi connectivity index (χ0v) is 20.7. The fraction of sp³-hybridized carbons (Fsp3) is 0.194. The minimum absolute atomic E-state index is 0.317. The van der Waals surface area contributed by atoms with Crippen molar-refractivity contribution >= 4 is 27.4 Å². The van der Waals surface area contributed by atoms with E-state index in [1.807, 2.05) is 31.2 Å². The Kier molecular flexibility index (Phi) is 5.61. The van der Waals surface area contributed by atoms with Gasteiger partial charge in [-0.05, 0) is 67.2 Å². The first-order valence-electron chi connectivity index (χ1n) is 12.5. The fourth-order valence-corrected chi connectivity index (χ4v) is 4.74. The molecular formula is C31H27N5. The standard InChI is InChI=1S/C31H27N5/c1-19(2)24-17-27(34-30-23(24)15-14-22-13-12-20(3)33-29(22)30)28-18-26(21-9-5-4-6-10-21)35-31(36-28)25-11-7-8-16-32-25/h5,7-19H,4,6H2,1-3H3. The smallest absolute Gasteiger partial charge is 0.179 e. The van der Waals surface area contributed by atoms with Gasteiger partial charge in [0.15, 0.2) is 5.82 Å². The Morgan fingerprint density at radius 3 is 2.36 bits per heavy atom. The molecule has 36 heavy (non-hydrogen) atoms. The number of allylic oxidation sites excluding steroid dienone is 4. The second-order valence-electron chi connectivity index (χ2n) is 9.55. The monoisotopic (exact) mass is 469 g/mol. The van der Waals surface area contributed by atoms with Crippen molar-refractivity contribution in [3.8, 4) is 22.9 Å². The third-order valence-electron chi connectivity index (χ3n) is 6.61. The van der Waals surface area contributed by atoms with E-state index in [2.05, 4.69) is 67.4 Å². The van der Waals surface area contributed by atoms with Crippen molar-refractivity contribution in [2.75, 3.05) is 0 Å². The lowest BCUT2D eigenvalue weighted by molar-refractivity contribution is 0.874. The van der Waals surface area contributed by atoms with Gasteiger partial charge < -0.3 is 0 Å². The maximum Gasteiger partial charge on any atom is 0.179 e. The fourth-order valence-electron chi connectivity index (χ4n) is 4.74. The lowest BCUT2D eigenvalue weighted by atomic mass is 9.95. The molecule has 0 bridgehead atoms. The second-order valence-corrected chi connectivity index (χ2v) is 9.55.